The van der Waals surface area contributed by atoms with Crippen LogP contribution in [0.2, 0.25) is 0 Å². The topological polar surface area (TPSA) is 89.4 Å². The van der Waals surface area contributed by atoms with Crippen LogP contribution in [0.5, 0.6) is 11.5 Å². The lowest BCUT2D eigenvalue weighted by Gasteiger charge is -2.34. The number of fused-ring (bicyclic) bond motifs is 1. The van der Waals surface area contributed by atoms with Crippen molar-refractivity contribution in [1.82, 2.24) is 9.62 Å². The van der Waals surface area contributed by atoms with Crippen molar-refractivity contribution in [2.24, 2.45) is 0 Å². The number of nitrogens with zero attached hydrogens (tertiary/aromatic N) is 1. The third-order valence-corrected chi connectivity index (χ3v) is 7.66. The van der Waals surface area contributed by atoms with Gasteiger partial charge in [-0.1, -0.05) is 18.2 Å². The van der Waals surface area contributed by atoms with E-state index in [2.05, 4.69) is 5.32 Å². The predicted octanol–water partition coefficient (Wildman–Crippen LogP) is 0.149. The molecule has 166 valence electrons. The average Bonchev–Trinajstić information content (AvgIpc) is 3.25. The highest BCUT2D eigenvalue weighted by Gasteiger charge is 2.35. The Hall–Kier alpha value is -2.69. The second-order valence-electron chi connectivity index (χ2n) is 7.62. The molecule has 0 bridgehead atoms. The summed E-state index contributed by atoms with van der Waals surface area (Å²) in [4.78, 5) is 13.3. The zero-order chi connectivity index (χ0) is 22.0. The maximum atomic E-state index is 14.0. The van der Waals surface area contributed by atoms with Gasteiger partial charge >= 0.3 is 0 Å². The molecule has 0 spiro atoms. The van der Waals surface area contributed by atoms with Crippen LogP contribution >= 0.6 is 0 Å². The van der Waals surface area contributed by atoms with E-state index in [0.29, 0.717) is 31.1 Å². The molecule has 10 heteroatoms. The molecule has 2 aromatic rings. The summed E-state index contributed by atoms with van der Waals surface area (Å²) in [5.41, 5.74) is 0.903. The van der Waals surface area contributed by atoms with Crippen molar-refractivity contribution in [2.75, 3.05) is 33.0 Å². The first-order chi connectivity index (χ1) is 14.9. The molecular formula is C21H25FN3O5S+. The largest absolute Gasteiger partial charge is 0.454 e. The molecule has 0 aliphatic carbocycles. The van der Waals surface area contributed by atoms with Crippen molar-refractivity contribution < 1.29 is 32.0 Å². The van der Waals surface area contributed by atoms with Gasteiger partial charge in [-0.15, -0.1) is 0 Å². The summed E-state index contributed by atoms with van der Waals surface area (Å²) in [5.74, 6) is 0.486. The van der Waals surface area contributed by atoms with E-state index in [1.807, 2.05) is 25.1 Å². The molecule has 2 aromatic carbocycles. The number of ether oxygens (including phenoxy) is 2. The zero-order valence-corrected chi connectivity index (χ0v) is 18.0. The van der Waals surface area contributed by atoms with Gasteiger partial charge in [0, 0.05) is 6.54 Å². The molecule has 4 rings (SSSR count). The lowest BCUT2D eigenvalue weighted by molar-refractivity contribution is -0.917. The fourth-order valence-corrected chi connectivity index (χ4v) is 5.32. The molecule has 1 fully saturated rings. The number of hydrogen-bond acceptors (Lipinski definition) is 5. The summed E-state index contributed by atoms with van der Waals surface area (Å²) < 4.78 is 51.4. The Labute approximate surface area is 180 Å². The first kappa shape index (κ1) is 21.5. The summed E-state index contributed by atoms with van der Waals surface area (Å²) >= 11 is 0. The van der Waals surface area contributed by atoms with Gasteiger partial charge in [0.2, 0.25) is 16.8 Å². The number of amides is 1. The Morgan fingerprint density at radius 2 is 1.87 bits per heavy atom. The highest BCUT2D eigenvalue weighted by molar-refractivity contribution is 7.89. The van der Waals surface area contributed by atoms with Crippen LogP contribution in [0.3, 0.4) is 0 Å². The number of nitrogens with one attached hydrogen (secondary N) is 2. The predicted molar refractivity (Wildman–Crippen MR) is 110 cm³/mol. The highest BCUT2D eigenvalue weighted by Crippen LogP contribution is 2.32. The molecule has 0 aromatic heterocycles. The summed E-state index contributed by atoms with van der Waals surface area (Å²) in [7, 11) is -3.89. The number of carbonyl (C=O) groups is 1. The van der Waals surface area contributed by atoms with Gasteiger partial charge in [-0.3, -0.25) is 4.79 Å². The van der Waals surface area contributed by atoms with E-state index >= 15 is 0 Å². The first-order valence-corrected chi connectivity index (χ1v) is 11.6. The monoisotopic (exact) mass is 450 g/mol. The van der Waals surface area contributed by atoms with E-state index in [1.54, 1.807) is 0 Å². The molecule has 2 heterocycles. The van der Waals surface area contributed by atoms with E-state index in [9.17, 15) is 17.6 Å². The van der Waals surface area contributed by atoms with Crippen LogP contribution in [0, 0.1) is 5.82 Å². The summed E-state index contributed by atoms with van der Waals surface area (Å²) in [6, 6.07) is 10.6. The van der Waals surface area contributed by atoms with Gasteiger partial charge in [0.1, 0.15) is 10.7 Å². The van der Waals surface area contributed by atoms with Gasteiger partial charge in [0.15, 0.2) is 17.5 Å². The van der Waals surface area contributed by atoms with Crippen LogP contribution in [0.15, 0.2) is 47.4 Å². The van der Waals surface area contributed by atoms with Gasteiger partial charge in [-0.05, 0) is 36.8 Å². The summed E-state index contributed by atoms with van der Waals surface area (Å²) in [6.07, 6.45) is 0. The average molecular weight is 451 g/mol. The Balaban J connectivity index is 1.31. The molecule has 0 unspecified atom stereocenters. The minimum Gasteiger partial charge on any atom is -0.454 e. The number of quaternary nitrogens is 1. The maximum absolute atomic E-state index is 14.0. The van der Waals surface area contributed by atoms with Crippen LogP contribution < -0.4 is 19.7 Å². The molecule has 0 saturated carbocycles. The number of hydrogen-bond donors (Lipinski definition) is 2. The molecule has 8 nitrogen and oxygen atoms in total. The number of halogens is 1. The first-order valence-electron chi connectivity index (χ1n) is 10.1. The van der Waals surface area contributed by atoms with Gasteiger partial charge in [-0.2, -0.15) is 4.31 Å². The lowest BCUT2D eigenvalue weighted by atomic mass is 10.2. The molecule has 1 saturated heterocycles. The quantitative estimate of drug-likeness (QED) is 0.654. The van der Waals surface area contributed by atoms with Crippen molar-refractivity contribution in [1.29, 1.82) is 0 Å². The Kier molecular flexibility index (Phi) is 6.12. The molecule has 1 amide bonds. The highest BCUT2D eigenvalue weighted by atomic mass is 32.2. The number of rotatable bonds is 6. The van der Waals surface area contributed by atoms with Crippen molar-refractivity contribution in [2.45, 2.75) is 24.4 Å². The third-order valence-electron chi connectivity index (χ3n) is 5.73. The van der Waals surface area contributed by atoms with Crippen LogP contribution in [-0.2, 0) is 21.4 Å². The van der Waals surface area contributed by atoms with Crippen LogP contribution in [0.25, 0.3) is 0 Å². The molecule has 0 radical (unpaired) electrons. The van der Waals surface area contributed by atoms with Gasteiger partial charge < -0.3 is 19.7 Å². The fraction of sp³-hybridized carbons (Fsp3) is 0.381. The number of carbonyl (C=O) groups excluding carboxylic acids is 1. The van der Waals surface area contributed by atoms with Gasteiger partial charge in [0.25, 0.3) is 5.91 Å². The summed E-state index contributed by atoms with van der Waals surface area (Å²) in [5, 5.41) is 2.92. The normalized spacial score (nSPS) is 18.0. The minimum atomic E-state index is -3.89. The summed E-state index contributed by atoms with van der Waals surface area (Å²) in [6.45, 7) is 3.77. The van der Waals surface area contributed by atoms with Crippen LogP contribution in [-0.4, -0.2) is 57.6 Å². The number of sulfonamides is 1. The van der Waals surface area contributed by atoms with E-state index in [-0.39, 0.29) is 36.7 Å². The molecule has 1 atom stereocenters. The molecule has 2 aliphatic heterocycles. The Morgan fingerprint density at radius 1 is 1.16 bits per heavy atom. The van der Waals surface area contributed by atoms with E-state index in [1.165, 1.54) is 22.5 Å². The molecule has 2 N–H and O–H groups in total. The standard InChI is InChI=1S/C21H24FN3O5S/c1-15(21(26)23-13-16-6-7-18-19(12-16)30-14-29-18)24-8-10-25(11-9-24)31(27,28)20-5-3-2-4-17(20)22/h2-7,12,15H,8-11,13-14H2,1H3,(H,23,26)/p+1/t15-/m1/s1. The van der Waals surface area contributed by atoms with E-state index in [0.717, 1.165) is 16.5 Å². The smallest absolute Gasteiger partial charge is 0.278 e. The van der Waals surface area contributed by atoms with Crippen LogP contribution in [0.1, 0.15) is 12.5 Å². The van der Waals surface area contributed by atoms with Crippen molar-refractivity contribution in [3.63, 3.8) is 0 Å². The second kappa shape index (κ2) is 8.81. The van der Waals surface area contributed by atoms with Crippen molar-refractivity contribution in [3.8, 4) is 11.5 Å². The minimum absolute atomic E-state index is 0.113. The van der Waals surface area contributed by atoms with Gasteiger partial charge in [0.05, 0.1) is 26.2 Å². The molecular weight excluding hydrogens is 425 g/mol. The third kappa shape index (κ3) is 4.51. The lowest BCUT2D eigenvalue weighted by Crippen LogP contribution is -3.19. The molecule has 2 aliphatic rings. The van der Waals surface area contributed by atoms with E-state index in [4.69, 9.17) is 9.47 Å². The Morgan fingerprint density at radius 3 is 2.61 bits per heavy atom. The zero-order valence-electron chi connectivity index (χ0n) is 17.1. The Bertz CT molecular complexity index is 1070. The second-order valence-corrected chi connectivity index (χ2v) is 9.53. The maximum Gasteiger partial charge on any atom is 0.278 e. The van der Waals surface area contributed by atoms with Crippen molar-refractivity contribution in [3.05, 3.63) is 53.8 Å². The molecule has 31 heavy (non-hydrogen) atoms. The van der Waals surface area contributed by atoms with Gasteiger partial charge in [-0.25, -0.2) is 12.8 Å². The van der Waals surface area contributed by atoms with Crippen LogP contribution in [0.4, 0.5) is 4.39 Å². The van der Waals surface area contributed by atoms with Crippen molar-refractivity contribution >= 4 is 15.9 Å². The number of benzene rings is 2. The number of piperazine rings is 1. The van der Waals surface area contributed by atoms with E-state index < -0.39 is 15.8 Å². The fourth-order valence-electron chi connectivity index (χ4n) is 3.82. The SMILES string of the molecule is C[C@H](C(=O)NCc1ccc2c(c1)OCO2)[NH+]1CCN(S(=O)(=O)c2ccccc2F)CC1.